The molecule has 88 valence electrons. The molecule has 1 fully saturated rings. The van der Waals surface area contributed by atoms with E-state index in [1.165, 1.54) is 0 Å². The minimum atomic E-state index is 0.543. The van der Waals surface area contributed by atoms with Gasteiger partial charge in [-0.25, -0.2) is 9.97 Å². The van der Waals surface area contributed by atoms with Gasteiger partial charge in [-0.15, -0.1) is 0 Å². The Morgan fingerprint density at radius 2 is 2.31 bits per heavy atom. The third-order valence-electron chi connectivity index (χ3n) is 2.67. The van der Waals surface area contributed by atoms with Gasteiger partial charge in [0, 0.05) is 32.8 Å². The number of aromatic nitrogens is 2. The molecule has 5 heteroatoms. The topological polar surface area (TPSA) is 50.3 Å². The molecule has 0 aliphatic carbocycles. The van der Waals surface area contributed by atoms with E-state index in [1.54, 1.807) is 13.4 Å². The van der Waals surface area contributed by atoms with Crippen molar-refractivity contribution >= 4 is 5.82 Å². The van der Waals surface area contributed by atoms with Gasteiger partial charge in [0.15, 0.2) is 0 Å². The number of rotatable bonds is 3. The van der Waals surface area contributed by atoms with Crippen molar-refractivity contribution in [2.75, 3.05) is 38.2 Å². The average molecular weight is 222 g/mol. The normalized spacial score (nSPS) is 17.2. The first-order chi connectivity index (χ1) is 7.90. The first kappa shape index (κ1) is 11.3. The van der Waals surface area contributed by atoms with Crippen molar-refractivity contribution in [3.8, 4) is 0 Å². The third-order valence-corrected chi connectivity index (χ3v) is 2.67. The van der Waals surface area contributed by atoms with Crippen LogP contribution in [0.1, 0.15) is 12.1 Å². The summed E-state index contributed by atoms with van der Waals surface area (Å²) in [5.74, 6) is 1.01. The zero-order chi connectivity index (χ0) is 11.2. The number of nitrogens with zero attached hydrogens (tertiary/aromatic N) is 3. The summed E-state index contributed by atoms with van der Waals surface area (Å²) in [6, 6.07) is 2.01. The van der Waals surface area contributed by atoms with E-state index in [1.807, 2.05) is 6.07 Å². The molecule has 1 aliphatic heterocycles. The van der Waals surface area contributed by atoms with Gasteiger partial charge >= 0.3 is 0 Å². The Labute approximate surface area is 95.8 Å². The third kappa shape index (κ3) is 2.90. The second-order valence-electron chi connectivity index (χ2n) is 3.89. The second kappa shape index (κ2) is 5.77. The maximum absolute atomic E-state index is 5.07. The van der Waals surface area contributed by atoms with Crippen LogP contribution in [0.4, 0.5) is 5.82 Å². The van der Waals surface area contributed by atoms with Crippen molar-refractivity contribution in [2.45, 2.75) is 13.0 Å². The van der Waals surface area contributed by atoms with E-state index >= 15 is 0 Å². The second-order valence-corrected chi connectivity index (χ2v) is 3.89. The van der Waals surface area contributed by atoms with Gasteiger partial charge in [-0.3, -0.25) is 0 Å². The molecule has 0 unspecified atom stereocenters. The van der Waals surface area contributed by atoms with Crippen molar-refractivity contribution in [3.05, 3.63) is 18.1 Å². The van der Waals surface area contributed by atoms with Gasteiger partial charge in [0.05, 0.1) is 12.3 Å². The molecule has 0 aromatic carbocycles. The number of hydrogen-bond acceptors (Lipinski definition) is 5. The van der Waals surface area contributed by atoms with Crippen LogP contribution in [0.5, 0.6) is 0 Å². The molecular formula is C11H18N4O. The van der Waals surface area contributed by atoms with Gasteiger partial charge in [-0.2, -0.15) is 0 Å². The molecule has 0 saturated carbocycles. The molecule has 0 bridgehead atoms. The smallest absolute Gasteiger partial charge is 0.132 e. The Hall–Kier alpha value is -1.20. The number of methoxy groups -OCH3 is 1. The van der Waals surface area contributed by atoms with Crippen LogP contribution in [0.2, 0.25) is 0 Å². The highest BCUT2D eigenvalue weighted by Gasteiger charge is 2.11. The zero-order valence-corrected chi connectivity index (χ0v) is 9.65. The lowest BCUT2D eigenvalue weighted by Crippen LogP contribution is -2.28. The fourth-order valence-electron chi connectivity index (χ4n) is 1.86. The summed E-state index contributed by atoms with van der Waals surface area (Å²) in [6.07, 6.45) is 2.77. The van der Waals surface area contributed by atoms with Crippen molar-refractivity contribution in [1.82, 2.24) is 15.3 Å². The van der Waals surface area contributed by atoms with Crippen LogP contribution < -0.4 is 10.2 Å². The van der Waals surface area contributed by atoms with Crippen molar-refractivity contribution in [1.29, 1.82) is 0 Å². The van der Waals surface area contributed by atoms with Crippen LogP contribution >= 0.6 is 0 Å². The van der Waals surface area contributed by atoms with Gasteiger partial charge in [-0.1, -0.05) is 0 Å². The van der Waals surface area contributed by atoms with Crippen LogP contribution in [0.25, 0.3) is 0 Å². The maximum Gasteiger partial charge on any atom is 0.132 e. The Morgan fingerprint density at radius 1 is 1.38 bits per heavy atom. The lowest BCUT2D eigenvalue weighted by Gasteiger charge is -2.21. The van der Waals surface area contributed by atoms with Gasteiger partial charge in [0.1, 0.15) is 12.1 Å². The molecule has 1 saturated heterocycles. The molecular weight excluding hydrogens is 204 g/mol. The lowest BCUT2D eigenvalue weighted by molar-refractivity contribution is 0.181. The summed E-state index contributed by atoms with van der Waals surface area (Å²) in [4.78, 5) is 10.8. The van der Waals surface area contributed by atoms with Crippen molar-refractivity contribution in [2.24, 2.45) is 0 Å². The first-order valence-corrected chi connectivity index (χ1v) is 5.65. The fraction of sp³-hybridized carbons (Fsp3) is 0.636. The standard InChI is InChI=1S/C11H18N4O/c1-16-8-10-7-11(14-9-13-10)15-5-2-3-12-4-6-15/h7,9,12H,2-6,8H2,1H3. The molecule has 2 heterocycles. The molecule has 1 aromatic heterocycles. The van der Waals surface area contributed by atoms with E-state index in [2.05, 4.69) is 20.2 Å². The van der Waals surface area contributed by atoms with E-state index in [0.717, 1.165) is 44.1 Å². The molecule has 16 heavy (non-hydrogen) atoms. The molecule has 1 aromatic rings. The summed E-state index contributed by atoms with van der Waals surface area (Å²) in [6.45, 7) is 4.71. The lowest BCUT2D eigenvalue weighted by atomic mass is 10.3. The van der Waals surface area contributed by atoms with Gasteiger partial charge < -0.3 is 15.0 Å². The van der Waals surface area contributed by atoms with Gasteiger partial charge in [-0.05, 0) is 13.0 Å². The SMILES string of the molecule is COCc1cc(N2CCCNCC2)ncn1. The molecule has 5 nitrogen and oxygen atoms in total. The maximum atomic E-state index is 5.07. The van der Waals surface area contributed by atoms with E-state index in [0.29, 0.717) is 6.61 Å². The molecule has 1 N–H and O–H groups in total. The van der Waals surface area contributed by atoms with Crippen molar-refractivity contribution in [3.63, 3.8) is 0 Å². The Bertz CT molecular complexity index is 324. The number of hydrogen-bond donors (Lipinski definition) is 1. The minimum absolute atomic E-state index is 0.543. The largest absolute Gasteiger partial charge is 0.378 e. The highest BCUT2D eigenvalue weighted by molar-refractivity contribution is 5.38. The molecule has 0 spiro atoms. The number of anilines is 1. The van der Waals surface area contributed by atoms with Crippen LogP contribution in [-0.4, -0.2) is 43.3 Å². The first-order valence-electron chi connectivity index (χ1n) is 5.65. The summed E-state index contributed by atoms with van der Waals surface area (Å²) in [5, 5.41) is 3.38. The molecule has 0 radical (unpaired) electrons. The Balaban J connectivity index is 2.08. The van der Waals surface area contributed by atoms with Crippen LogP contribution in [-0.2, 0) is 11.3 Å². The fourth-order valence-corrected chi connectivity index (χ4v) is 1.86. The van der Waals surface area contributed by atoms with Crippen molar-refractivity contribution < 1.29 is 4.74 Å². The highest BCUT2D eigenvalue weighted by atomic mass is 16.5. The van der Waals surface area contributed by atoms with E-state index in [9.17, 15) is 0 Å². The summed E-state index contributed by atoms with van der Waals surface area (Å²) in [7, 11) is 1.68. The van der Waals surface area contributed by atoms with E-state index in [-0.39, 0.29) is 0 Å². The van der Waals surface area contributed by atoms with E-state index < -0.39 is 0 Å². The predicted molar refractivity (Wildman–Crippen MR) is 62.4 cm³/mol. The Morgan fingerprint density at radius 3 is 3.19 bits per heavy atom. The number of nitrogens with one attached hydrogen (secondary N) is 1. The summed E-state index contributed by atoms with van der Waals surface area (Å²) >= 11 is 0. The molecule has 2 rings (SSSR count). The predicted octanol–water partition coefficient (Wildman–Crippen LogP) is 0.423. The van der Waals surface area contributed by atoms with E-state index in [4.69, 9.17) is 4.74 Å². The molecule has 1 aliphatic rings. The molecule has 0 amide bonds. The van der Waals surface area contributed by atoms with Crippen LogP contribution in [0, 0.1) is 0 Å². The highest BCUT2D eigenvalue weighted by Crippen LogP contribution is 2.12. The zero-order valence-electron chi connectivity index (χ0n) is 9.65. The molecule has 0 atom stereocenters. The summed E-state index contributed by atoms with van der Waals surface area (Å²) in [5.41, 5.74) is 0.935. The number of ether oxygens (including phenoxy) is 1. The Kier molecular flexibility index (Phi) is 4.07. The van der Waals surface area contributed by atoms with Crippen LogP contribution in [0.15, 0.2) is 12.4 Å². The average Bonchev–Trinajstić information content (AvgIpc) is 2.58. The van der Waals surface area contributed by atoms with Gasteiger partial charge in [0.2, 0.25) is 0 Å². The summed E-state index contributed by atoms with van der Waals surface area (Å²) < 4.78 is 5.07. The minimum Gasteiger partial charge on any atom is -0.378 e. The van der Waals surface area contributed by atoms with Crippen LogP contribution in [0.3, 0.4) is 0 Å². The quantitative estimate of drug-likeness (QED) is 0.803. The monoisotopic (exact) mass is 222 g/mol. The van der Waals surface area contributed by atoms with Gasteiger partial charge in [0.25, 0.3) is 0 Å².